The molecule has 0 saturated heterocycles. The summed E-state index contributed by atoms with van der Waals surface area (Å²) in [5, 5.41) is 0. The predicted octanol–water partition coefficient (Wildman–Crippen LogP) is 4.59. The average molecular weight is 273 g/mol. The van der Waals surface area contributed by atoms with Crippen molar-refractivity contribution in [2.24, 2.45) is 0 Å². The van der Waals surface area contributed by atoms with Gasteiger partial charge in [-0.3, -0.25) is 4.58 Å². The van der Waals surface area contributed by atoms with Crippen LogP contribution in [0.4, 0.5) is 0 Å². The molecule has 2 aromatic rings. The SMILES string of the molecule is C=[N+]1C=C(C)C(c2ccccc2)=C[C-]1c1ccccc1C. The molecule has 0 saturated carbocycles. The fourth-order valence-electron chi connectivity index (χ4n) is 2.73. The zero-order valence-electron chi connectivity index (χ0n) is 12.5. The van der Waals surface area contributed by atoms with Crippen molar-refractivity contribution < 1.29 is 4.58 Å². The Kier molecular flexibility index (Phi) is 3.49. The van der Waals surface area contributed by atoms with Gasteiger partial charge < -0.3 is 0 Å². The molecule has 0 aromatic heterocycles. The molecule has 0 fully saturated rings. The van der Waals surface area contributed by atoms with Crippen LogP contribution >= 0.6 is 0 Å². The van der Waals surface area contributed by atoms with E-state index in [2.05, 4.69) is 81.4 Å². The van der Waals surface area contributed by atoms with Crippen molar-refractivity contribution in [2.75, 3.05) is 0 Å². The minimum Gasteiger partial charge on any atom is -0.255 e. The minimum atomic E-state index is 1.14. The van der Waals surface area contributed by atoms with Crippen LogP contribution in [0.15, 0.2) is 72.4 Å². The van der Waals surface area contributed by atoms with Gasteiger partial charge in [0.2, 0.25) is 0 Å². The second kappa shape index (κ2) is 5.45. The van der Waals surface area contributed by atoms with E-state index < -0.39 is 0 Å². The first-order chi connectivity index (χ1) is 10.2. The quantitative estimate of drug-likeness (QED) is 0.556. The van der Waals surface area contributed by atoms with Crippen molar-refractivity contribution in [1.29, 1.82) is 0 Å². The van der Waals surface area contributed by atoms with E-state index in [1.165, 1.54) is 27.8 Å². The Bertz CT molecular complexity index is 735. The lowest BCUT2D eigenvalue weighted by atomic mass is 9.91. The third-order valence-electron chi connectivity index (χ3n) is 3.87. The molecule has 0 spiro atoms. The average Bonchev–Trinajstić information content (AvgIpc) is 2.49. The van der Waals surface area contributed by atoms with Gasteiger partial charge in [-0.1, -0.05) is 66.6 Å². The van der Waals surface area contributed by atoms with E-state index in [0.717, 1.165) is 6.04 Å². The summed E-state index contributed by atoms with van der Waals surface area (Å²) in [6, 6.07) is 20.1. The highest BCUT2D eigenvalue weighted by molar-refractivity contribution is 5.81. The molecule has 1 nitrogen and oxygen atoms in total. The topological polar surface area (TPSA) is 3.01 Å². The van der Waals surface area contributed by atoms with Crippen LogP contribution in [-0.4, -0.2) is 11.3 Å². The molecule has 0 aliphatic carbocycles. The molecule has 21 heavy (non-hydrogen) atoms. The second-order valence-electron chi connectivity index (χ2n) is 5.41. The molecule has 3 rings (SSSR count). The smallest absolute Gasteiger partial charge is 0.147 e. The number of hydrogen-bond acceptors (Lipinski definition) is 0. The molecule has 0 bridgehead atoms. The Labute approximate surface area is 126 Å². The molecular weight excluding hydrogens is 254 g/mol. The molecule has 1 aliphatic rings. The normalized spacial score (nSPS) is 14.8. The van der Waals surface area contributed by atoms with Gasteiger partial charge in [0, 0.05) is 0 Å². The van der Waals surface area contributed by atoms with Gasteiger partial charge >= 0.3 is 0 Å². The maximum Gasteiger partial charge on any atom is 0.147 e. The van der Waals surface area contributed by atoms with Gasteiger partial charge in [-0.15, -0.1) is 6.07 Å². The zero-order chi connectivity index (χ0) is 14.8. The van der Waals surface area contributed by atoms with Crippen LogP contribution in [-0.2, 0) is 0 Å². The van der Waals surface area contributed by atoms with Gasteiger partial charge in [-0.25, -0.2) is 0 Å². The van der Waals surface area contributed by atoms with E-state index in [1.807, 2.05) is 10.6 Å². The number of allylic oxidation sites excluding steroid dienone is 2. The summed E-state index contributed by atoms with van der Waals surface area (Å²) in [4.78, 5) is 0. The van der Waals surface area contributed by atoms with Crippen LogP contribution in [0.3, 0.4) is 0 Å². The van der Waals surface area contributed by atoms with Gasteiger partial charge in [0.25, 0.3) is 0 Å². The van der Waals surface area contributed by atoms with Crippen LogP contribution < -0.4 is 0 Å². The van der Waals surface area contributed by atoms with Crippen molar-refractivity contribution in [3.05, 3.63) is 95.2 Å². The van der Waals surface area contributed by atoms with Crippen molar-refractivity contribution in [3.63, 3.8) is 0 Å². The molecule has 1 heterocycles. The molecule has 2 aromatic carbocycles. The van der Waals surface area contributed by atoms with Crippen molar-refractivity contribution in [3.8, 4) is 0 Å². The first kappa shape index (κ1) is 13.4. The van der Waals surface area contributed by atoms with Gasteiger partial charge in [0.05, 0.1) is 6.72 Å². The van der Waals surface area contributed by atoms with Gasteiger partial charge in [-0.2, -0.15) is 0 Å². The van der Waals surface area contributed by atoms with Crippen LogP contribution in [0.2, 0.25) is 0 Å². The van der Waals surface area contributed by atoms with E-state index in [0.29, 0.717) is 0 Å². The minimum absolute atomic E-state index is 1.14. The maximum absolute atomic E-state index is 4.15. The highest BCUT2D eigenvalue weighted by atomic mass is 15.0. The Morgan fingerprint density at radius 3 is 2.29 bits per heavy atom. The highest BCUT2D eigenvalue weighted by Gasteiger charge is 2.21. The molecule has 1 aliphatic heterocycles. The molecule has 104 valence electrons. The summed E-state index contributed by atoms with van der Waals surface area (Å²) < 4.78 is 1.96. The largest absolute Gasteiger partial charge is 0.255 e. The van der Waals surface area contributed by atoms with E-state index >= 15 is 0 Å². The first-order valence-corrected chi connectivity index (χ1v) is 7.15. The van der Waals surface area contributed by atoms with Gasteiger partial charge in [-0.05, 0) is 29.7 Å². The van der Waals surface area contributed by atoms with Gasteiger partial charge in [0.15, 0.2) is 0 Å². The molecular formula is C20H19N. The predicted molar refractivity (Wildman–Crippen MR) is 89.1 cm³/mol. The second-order valence-corrected chi connectivity index (χ2v) is 5.41. The van der Waals surface area contributed by atoms with Crippen LogP contribution in [0.25, 0.3) is 5.57 Å². The number of nitrogens with zero attached hydrogens (tertiary/aromatic N) is 1. The molecule has 0 unspecified atom stereocenters. The Morgan fingerprint density at radius 1 is 0.905 bits per heavy atom. The molecule has 0 atom stereocenters. The molecule has 0 radical (unpaired) electrons. The summed E-state index contributed by atoms with van der Waals surface area (Å²) in [7, 11) is 0. The fourth-order valence-corrected chi connectivity index (χ4v) is 2.73. The summed E-state index contributed by atoms with van der Waals surface area (Å²) in [6.07, 6.45) is 4.34. The van der Waals surface area contributed by atoms with Gasteiger partial charge in [0.1, 0.15) is 12.2 Å². The number of aryl methyl sites for hydroxylation is 1. The fraction of sp³-hybridized carbons (Fsp3) is 0.100. The van der Waals surface area contributed by atoms with Crippen molar-refractivity contribution >= 4 is 12.3 Å². The molecule has 1 heteroatoms. The summed E-state index contributed by atoms with van der Waals surface area (Å²) in [5.41, 5.74) is 6.22. The van der Waals surface area contributed by atoms with E-state index in [4.69, 9.17) is 0 Å². The van der Waals surface area contributed by atoms with E-state index in [9.17, 15) is 0 Å². The third kappa shape index (κ3) is 2.55. The third-order valence-corrected chi connectivity index (χ3v) is 3.87. The monoisotopic (exact) mass is 273 g/mol. The lowest BCUT2D eigenvalue weighted by Crippen LogP contribution is -2.17. The summed E-state index contributed by atoms with van der Waals surface area (Å²) in [5.74, 6) is 0. The lowest BCUT2D eigenvalue weighted by Gasteiger charge is -2.24. The highest BCUT2D eigenvalue weighted by Crippen LogP contribution is 2.33. The Morgan fingerprint density at radius 2 is 1.57 bits per heavy atom. The zero-order valence-corrected chi connectivity index (χ0v) is 12.5. The summed E-state index contributed by atoms with van der Waals surface area (Å²) in [6.45, 7) is 8.42. The number of benzene rings is 2. The van der Waals surface area contributed by atoms with Crippen LogP contribution in [0.5, 0.6) is 0 Å². The standard InChI is InChI=1S/C20H19N/c1-15-9-7-8-12-18(15)20-13-19(16(2)14-21(20)3)17-10-5-4-6-11-17/h4-14H,3H2,1-2H3. The summed E-state index contributed by atoms with van der Waals surface area (Å²) >= 11 is 0. The number of rotatable bonds is 2. The van der Waals surface area contributed by atoms with Crippen LogP contribution in [0, 0.1) is 13.0 Å². The Balaban J connectivity index is 2.09. The molecule has 0 N–H and O–H groups in total. The van der Waals surface area contributed by atoms with E-state index in [-0.39, 0.29) is 0 Å². The number of hydrogen-bond donors (Lipinski definition) is 0. The Hall–Kier alpha value is -2.54. The van der Waals surface area contributed by atoms with Crippen molar-refractivity contribution in [1.82, 2.24) is 0 Å². The van der Waals surface area contributed by atoms with Crippen molar-refractivity contribution in [2.45, 2.75) is 13.8 Å². The maximum atomic E-state index is 4.15. The van der Waals surface area contributed by atoms with E-state index in [1.54, 1.807) is 0 Å². The molecule has 0 amide bonds. The first-order valence-electron chi connectivity index (χ1n) is 7.15. The van der Waals surface area contributed by atoms with Crippen LogP contribution in [0.1, 0.15) is 23.6 Å². The lowest BCUT2D eigenvalue weighted by molar-refractivity contribution is -0.418.